The van der Waals surface area contributed by atoms with Crippen LogP contribution in [0.25, 0.3) is 0 Å². The van der Waals surface area contributed by atoms with Crippen molar-refractivity contribution in [3.05, 3.63) is 82.7 Å². The predicted octanol–water partition coefficient (Wildman–Crippen LogP) is 4.92. The highest BCUT2D eigenvalue weighted by atomic mass is 35.5. The van der Waals surface area contributed by atoms with Gasteiger partial charge in [-0.25, -0.2) is 4.98 Å². The number of piperidine rings is 1. The van der Waals surface area contributed by atoms with Crippen LogP contribution in [0.5, 0.6) is 0 Å². The Labute approximate surface area is 172 Å². The fourth-order valence-corrected chi connectivity index (χ4v) is 4.13. The summed E-state index contributed by atoms with van der Waals surface area (Å²) in [5.41, 5.74) is 3.61. The van der Waals surface area contributed by atoms with Crippen molar-refractivity contribution in [2.75, 3.05) is 13.1 Å². The first-order chi connectivity index (χ1) is 13.7. The summed E-state index contributed by atoms with van der Waals surface area (Å²) >= 11 is 5.99. The molecule has 3 heterocycles. The van der Waals surface area contributed by atoms with E-state index in [2.05, 4.69) is 57.9 Å². The SMILES string of the molecule is CCn1ccnc1CN1CCC(c2cccc(Cc3ccc(Cl)cc3)n2)CC1. The molecule has 3 aromatic rings. The van der Waals surface area contributed by atoms with E-state index in [1.165, 1.54) is 17.1 Å². The third-order valence-electron chi connectivity index (χ3n) is 5.64. The second kappa shape index (κ2) is 8.89. The smallest absolute Gasteiger partial charge is 0.122 e. The number of aryl methyl sites for hydroxylation is 1. The molecule has 0 unspecified atom stereocenters. The molecule has 0 N–H and O–H groups in total. The summed E-state index contributed by atoms with van der Waals surface area (Å²) in [5.74, 6) is 1.72. The largest absolute Gasteiger partial charge is 0.334 e. The van der Waals surface area contributed by atoms with Crippen molar-refractivity contribution in [3.8, 4) is 0 Å². The number of rotatable bonds is 6. The lowest BCUT2D eigenvalue weighted by Crippen LogP contribution is -2.33. The summed E-state index contributed by atoms with van der Waals surface area (Å²) < 4.78 is 2.23. The molecule has 4 rings (SSSR count). The Morgan fingerprint density at radius 2 is 1.86 bits per heavy atom. The minimum atomic E-state index is 0.548. The molecule has 5 heteroatoms. The van der Waals surface area contributed by atoms with Gasteiger partial charge in [-0.05, 0) is 62.7 Å². The Morgan fingerprint density at radius 3 is 2.61 bits per heavy atom. The molecule has 0 atom stereocenters. The normalized spacial score (nSPS) is 15.8. The second-order valence-electron chi connectivity index (χ2n) is 7.54. The van der Waals surface area contributed by atoms with Gasteiger partial charge in [0, 0.05) is 47.7 Å². The van der Waals surface area contributed by atoms with Crippen LogP contribution in [0, 0.1) is 0 Å². The van der Waals surface area contributed by atoms with Crippen LogP contribution in [0.2, 0.25) is 5.02 Å². The summed E-state index contributed by atoms with van der Waals surface area (Å²) in [6, 6.07) is 14.5. The van der Waals surface area contributed by atoms with Crippen LogP contribution in [0.4, 0.5) is 0 Å². The van der Waals surface area contributed by atoms with Crippen molar-refractivity contribution in [2.24, 2.45) is 0 Å². The fourth-order valence-electron chi connectivity index (χ4n) is 4.00. The number of hydrogen-bond donors (Lipinski definition) is 0. The molecule has 1 aliphatic heterocycles. The zero-order valence-corrected chi connectivity index (χ0v) is 17.1. The van der Waals surface area contributed by atoms with Gasteiger partial charge in [0.05, 0.1) is 6.54 Å². The van der Waals surface area contributed by atoms with Gasteiger partial charge in [0.25, 0.3) is 0 Å². The Hall–Kier alpha value is -2.17. The first-order valence-corrected chi connectivity index (χ1v) is 10.5. The standard InChI is InChI=1S/C23H27ClN4/c1-2-28-15-12-25-23(28)17-27-13-10-19(11-14-27)22-5-3-4-21(26-22)16-18-6-8-20(24)9-7-18/h3-9,12,15,19H,2,10-11,13-14,16-17H2,1H3. The van der Waals surface area contributed by atoms with Gasteiger partial charge in [0.2, 0.25) is 0 Å². The Morgan fingerprint density at radius 1 is 1.07 bits per heavy atom. The predicted molar refractivity (Wildman–Crippen MR) is 114 cm³/mol. The van der Waals surface area contributed by atoms with Gasteiger partial charge in [-0.3, -0.25) is 9.88 Å². The number of benzene rings is 1. The molecule has 1 aliphatic rings. The molecule has 0 saturated carbocycles. The molecule has 1 fully saturated rings. The quantitative estimate of drug-likeness (QED) is 0.595. The van der Waals surface area contributed by atoms with Gasteiger partial charge in [-0.1, -0.05) is 29.8 Å². The lowest BCUT2D eigenvalue weighted by Gasteiger charge is -2.31. The van der Waals surface area contributed by atoms with E-state index in [9.17, 15) is 0 Å². The van der Waals surface area contributed by atoms with Gasteiger partial charge in [-0.2, -0.15) is 0 Å². The van der Waals surface area contributed by atoms with Crippen LogP contribution in [-0.4, -0.2) is 32.5 Å². The van der Waals surface area contributed by atoms with E-state index in [0.717, 1.165) is 56.2 Å². The van der Waals surface area contributed by atoms with Gasteiger partial charge < -0.3 is 4.57 Å². The monoisotopic (exact) mass is 394 g/mol. The highest BCUT2D eigenvalue weighted by molar-refractivity contribution is 6.30. The van der Waals surface area contributed by atoms with Crippen molar-refractivity contribution in [2.45, 2.75) is 45.2 Å². The van der Waals surface area contributed by atoms with Crippen molar-refractivity contribution >= 4 is 11.6 Å². The van der Waals surface area contributed by atoms with Crippen molar-refractivity contribution in [3.63, 3.8) is 0 Å². The zero-order chi connectivity index (χ0) is 19.3. The van der Waals surface area contributed by atoms with Crippen molar-refractivity contribution < 1.29 is 0 Å². The maximum atomic E-state index is 5.99. The summed E-state index contributed by atoms with van der Waals surface area (Å²) in [7, 11) is 0. The molecule has 1 aromatic carbocycles. The number of likely N-dealkylation sites (tertiary alicyclic amines) is 1. The van der Waals surface area contributed by atoms with E-state index in [1.54, 1.807) is 0 Å². The van der Waals surface area contributed by atoms with Gasteiger partial charge in [0.15, 0.2) is 0 Å². The maximum Gasteiger partial charge on any atom is 0.122 e. The molecule has 4 nitrogen and oxygen atoms in total. The van der Waals surface area contributed by atoms with Gasteiger partial charge >= 0.3 is 0 Å². The number of hydrogen-bond acceptors (Lipinski definition) is 3. The highest BCUT2D eigenvalue weighted by Gasteiger charge is 2.22. The van der Waals surface area contributed by atoms with Crippen LogP contribution in [0.3, 0.4) is 0 Å². The van der Waals surface area contributed by atoms with Gasteiger partial charge in [-0.15, -0.1) is 0 Å². The van der Waals surface area contributed by atoms with Crippen molar-refractivity contribution in [1.82, 2.24) is 19.4 Å². The average molecular weight is 395 g/mol. The summed E-state index contributed by atoms with van der Waals surface area (Å²) in [4.78, 5) is 12.0. The topological polar surface area (TPSA) is 34.0 Å². The van der Waals surface area contributed by atoms with E-state index in [0.29, 0.717) is 5.92 Å². The van der Waals surface area contributed by atoms with Crippen LogP contribution in [-0.2, 0) is 19.5 Å². The molecule has 28 heavy (non-hydrogen) atoms. The Kier molecular flexibility index (Phi) is 6.08. The van der Waals surface area contributed by atoms with E-state index < -0.39 is 0 Å². The molecule has 0 aliphatic carbocycles. The maximum absolute atomic E-state index is 5.99. The van der Waals surface area contributed by atoms with Gasteiger partial charge in [0.1, 0.15) is 5.82 Å². The molecule has 0 radical (unpaired) electrons. The summed E-state index contributed by atoms with van der Waals surface area (Å²) in [6.45, 7) is 6.29. The summed E-state index contributed by atoms with van der Waals surface area (Å²) in [6.07, 6.45) is 7.14. The molecule has 0 bridgehead atoms. The second-order valence-corrected chi connectivity index (χ2v) is 7.97. The fraction of sp³-hybridized carbons (Fsp3) is 0.391. The third-order valence-corrected chi connectivity index (χ3v) is 5.89. The number of nitrogens with zero attached hydrogens (tertiary/aromatic N) is 4. The first kappa shape index (κ1) is 19.2. The molecular weight excluding hydrogens is 368 g/mol. The minimum absolute atomic E-state index is 0.548. The van der Waals surface area contributed by atoms with Crippen LogP contribution < -0.4 is 0 Å². The Bertz CT molecular complexity index is 895. The van der Waals surface area contributed by atoms with Crippen LogP contribution in [0.15, 0.2) is 54.9 Å². The molecule has 1 saturated heterocycles. The lowest BCUT2D eigenvalue weighted by atomic mass is 9.92. The van der Waals surface area contributed by atoms with E-state index in [1.807, 2.05) is 18.3 Å². The van der Waals surface area contributed by atoms with E-state index in [-0.39, 0.29) is 0 Å². The lowest BCUT2D eigenvalue weighted by molar-refractivity contribution is 0.196. The molecular formula is C23H27ClN4. The zero-order valence-electron chi connectivity index (χ0n) is 16.4. The van der Waals surface area contributed by atoms with Crippen molar-refractivity contribution in [1.29, 1.82) is 0 Å². The average Bonchev–Trinajstić information content (AvgIpc) is 3.18. The number of aromatic nitrogens is 3. The van der Waals surface area contributed by atoms with E-state index >= 15 is 0 Å². The molecule has 2 aromatic heterocycles. The summed E-state index contributed by atoms with van der Waals surface area (Å²) in [5, 5.41) is 0.777. The molecule has 0 amide bonds. The molecule has 0 spiro atoms. The van der Waals surface area contributed by atoms with Crippen LogP contribution >= 0.6 is 11.6 Å². The van der Waals surface area contributed by atoms with Crippen LogP contribution in [0.1, 0.15) is 48.5 Å². The minimum Gasteiger partial charge on any atom is -0.334 e. The highest BCUT2D eigenvalue weighted by Crippen LogP contribution is 2.28. The van der Waals surface area contributed by atoms with E-state index in [4.69, 9.17) is 16.6 Å². The number of pyridine rings is 1. The molecule has 146 valence electrons. The first-order valence-electron chi connectivity index (χ1n) is 10.1. The third kappa shape index (κ3) is 4.62. The number of halogens is 1. The number of imidazole rings is 1. The Balaban J connectivity index is 1.36.